The van der Waals surface area contributed by atoms with Crippen LogP contribution in [0.15, 0.2) is 58.3 Å². The van der Waals surface area contributed by atoms with Gasteiger partial charge in [0.15, 0.2) is 10.9 Å². The van der Waals surface area contributed by atoms with Gasteiger partial charge in [-0.05, 0) is 35.7 Å². The summed E-state index contributed by atoms with van der Waals surface area (Å²) in [6.45, 7) is 1.20. The topological polar surface area (TPSA) is 59.2 Å². The quantitative estimate of drug-likeness (QED) is 0.426. The number of carbonyl (C=O) groups excluding carboxylic acids is 1. The van der Waals surface area contributed by atoms with Crippen molar-refractivity contribution < 1.29 is 22.4 Å². The van der Waals surface area contributed by atoms with Crippen LogP contribution in [-0.2, 0) is 23.9 Å². The molecule has 1 aromatic carbocycles. The fourth-order valence-electron chi connectivity index (χ4n) is 3.28. The van der Waals surface area contributed by atoms with Crippen LogP contribution in [0.1, 0.15) is 23.2 Å². The Morgan fingerprint density at radius 2 is 1.93 bits per heavy atom. The maximum Gasteiger partial charge on any atom is 0.433 e. The van der Waals surface area contributed by atoms with E-state index < -0.39 is 11.9 Å². The van der Waals surface area contributed by atoms with Gasteiger partial charge in [-0.2, -0.15) is 13.2 Å². The van der Waals surface area contributed by atoms with Crippen molar-refractivity contribution in [2.45, 2.75) is 30.7 Å². The van der Waals surface area contributed by atoms with E-state index in [9.17, 15) is 18.0 Å². The number of carbonyl (C=O) groups is 1. The molecule has 2 aromatic heterocycles. The highest BCUT2D eigenvalue weighted by atomic mass is 32.2. The molecule has 1 aliphatic heterocycles. The predicted molar refractivity (Wildman–Crippen MR) is 106 cm³/mol. The second-order valence-corrected chi connectivity index (χ2v) is 7.89. The number of thioether (sulfide) groups is 1. The average molecular weight is 433 g/mol. The minimum absolute atomic E-state index is 0.0322. The monoisotopic (exact) mass is 433 g/mol. The van der Waals surface area contributed by atoms with Gasteiger partial charge >= 0.3 is 6.18 Å². The van der Waals surface area contributed by atoms with E-state index in [1.807, 2.05) is 18.2 Å². The zero-order valence-electron chi connectivity index (χ0n) is 15.9. The van der Waals surface area contributed by atoms with E-state index in [1.54, 1.807) is 11.0 Å². The minimum atomic E-state index is -4.60. The van der Waals surface area contributed by atoms with Gasteiger partial charge in [-0.25, -0.2) is 9.97 Å². The van der Waals surface area contributed by atoms with Crippen LogP contribution < -0.4 is 0 Å². The van der Waals surface area contributed by atoms with Crippen LogP contribution in [0.5, 0.6) is 0 Å². The molecule has 3 heterocycles. The van der Waals surface area contributed by atoms with Crippen molar-refractivity contribution in [1.82, 2.24) is 14.9 Å². The highest BCUT2D eigenvalue weighted by Crippen LogP contribution is 2.32. The number of amides is 1. The van der Waals surface area contributed by atoms with E-state index in [4.69, 9.17) is 4.42 Å². The first-order valence-corrected chi connectivity index (χ1v) is 10.4. The average Bonchev–Trinajstić information content (AvgIpc) is 3.27. The molecule has 0 aliphatic carbocycles. The summed E-state index contributed by atoms with van der Waals surface area (Å²) < 4.78 is 44.8. The normalized spacial score (nSPS) is 13.9. The molecule has 30 heavy (non-hydrogen) atoms. The number of alkyl halides is 3. The molecular formula is C21H18F3N3O2S. The molecule has 0 unspecified atom stereocenters. The summed E-state index contributed by atoms with van der Waals surface area (Å²) in [5, 5.41) is -0.0342. The summed E-state index contributed by atoms with van der Waals surface area (Å²) in [4.78, 5) is 22.1. The van der Waals surface area contributed by atoms with Gasteiger partial charge in [0.2, 0.25) is 5.91 Å². The van der Waals surface area contributed by atoms with Crippen molar-refractivity contribution in [2.24, 2.45) is 0 Å². The molecule has 0 N–H and O–H groups in total. The lowest BCUT2D eigenvalue weighted by molar-refractivity contribution is -0.141. The van der Waals surface area contributed by atoms with Crippen molar-refractivity contribution >= 4 is 17.7 Å². The molecular weight excluding hydrogens is 415 g/mol. The van der Waals surface area contributed by atoms with Gasteiger partial charge in [-0.1, -0.05) is 36.0 Å². The van der Waals surface area contributed by atoms with Gasteiger partial charge in [0.1, 0.15) is 11.4 Å². The molecule has 3 aromatic rings. The first-order valence-electron chi connectivity index (χ1n) is 9.37. The third kappa shape index (κ3) is 4.67. The molecule has 4 rings (SSSR count). The Hall–Kier alpha value is -2.81. The van der Waals surface area contributed by atoms with Crippen LogP contribution in [0, 0.1) is 0 Å². The molecule has 1 amide bonds. The molecule has 0 bridgehead atoms. The van der Waals surface area contributed by atoms with E-state index in [-0.39, 0.29) is 34.7 Å². The molecule has 0 fully saturated rings. The van der Waals surface area contributed by atoms with Crippen molar-refractivity contribution in [2.75, 3.05) is 12.3 Å². The number of benzene rings is 1. The van der Waals surface area contributed by atoms with Crippen LogP contribution in [0.3, 0.4) is 0 Å². The second-order valence-electron chi connectivity index (χ2n) is 6.83. The Morgan fingerprint density at radius 1 is 1.13 bits per heavy atom. The van der Waals surface area contributed by atoms with Crippen LogP contribution in [0.25, 0.3) is 11.5 Å². The highest BCUT2D eigenvalue weighted by Gasteiger charge is 2.34. The first kappa shape index (κ1) is 20.5. The number of hydrogen-bond acceptors (Lipinski definition) is 5. The molecule has 0 saturated carbocycles. The van der Waals surface area contributed by atoms with Crippen molar-refractivity contribution in [3.63, 3.8) is 0 Å². The first-order chi connectivity index (χ1) is 14.4. The molecule has 156 valence electrons. The summed E-state index contributed by atoms with van der Waals surface area (Å²) in [7, 11) is 0. The minimum Gasteiger partial charge on any atom is -0.463 e. The molecule has 0 saturated heterocycles. The predicted octanol–water partition coefficient (Wildman–Crippen LogP) is 4.82. The summed E-state index contributed by atoms with van der Waals surface area (Å²) in [5.74, 6) is 0.485. The Kier molecular flexibility index (Phi) is 5.80. The summed E-state index contributed by atoms with van der Waals surface area (Å²) in [5.41, 5.74) is 1.40. The Balaban J connectivity index is 1.41. The SMILES string of the molecule is O=C(CCSc1nc(-c2ccco2)cc(C(F)(F)F)n1)N1CCc2ccccc2C1. The lowest BCUT2D eigenvalue weighted by Crippen LogP contribution is -2.36. The van der Waals surface area contributed by atoms with Gasteiger partial charge in [-0.3, -0.25) is 4.79 Å². The lowest BCUT2D eigenvalue weighted by atomic mass is 10.00. The zero-order chi connectivity index (χ0) is 21.1. The Labute approximate surface area is 175 Å². The van der Waals surface area contributed by atoms with Crippen molar-refractivity contribution in [1.29, 1.82) is 0 Å². The number of fused-ring (bicyclic) bond motifs is 1. The number of hydrogen-bond donors (Lipinski definition) is 0. The van der Waals surface area contributed by atoms with Crippen molar-refractivity contribution in [3.05, 3.63) is 65.5 Å². The fourth-order valence-corrected chi connectivity index (χ4v) is 4.07. The lowest BCUT2D eigenvalue weighted by Gasteiger charge is -2.28. The number of halogens is 3. The third-order valence-corrected chi connectivity index (χ3v) is 5.65. The van der Waals surface area contributed by atoms with E-state index in [2.05, 4.69) is 16.0 Å². The largest absolute Gasteiger partial charge is 0.463 e. The van der Waals surface area contributed by atoms with E-state index >= 15 is 0 Å². The van der Waals surface area contributed by atoms with E-state index in [0.29, 0.717) is 13.1 Å². The molecule has 0 atom stereocenters. The second kappa shape index (κ2) is 8.51. The van der Waals surface area contributed by atoms with Gasteiger partial charge in [-0.15, -0.1) is 0 Å². The maximum absolute atomic E-state index is 13.2. The van der Waals surface area contributed by atoms with E-state index in [1.165, 1.54) is 17.9 Å². The number of rotatable bonds is 5. The summed E-state index contributed by atoms with van der Waals surface area (Å²) in [6.07, 6.45) is -2.23. The number of nitrogens with zero attached hydrogens (tertiary/aromatic N) is 3. The molecule has 1 aliphatic rings. The standard InChI is InChI=1S/C21H18F3N3O2S/c22-21(23,24)18-12-16(17-6-3-10-29-17)25-20(26-18)30-11-8-19(28)27-9-7-14-4-1-2-5-15(14)13-27/h1-6,10,12H,7-9,11,13H2. The van der Waals surface area contributed by atoms with Crippen molar-refractivity contribution in [3.8, 4) is 11.5 Å². The molecule has 0 spiro atoms. The van der Waals surface area contributed by atoms with Gasteiger partial charge in [0, 0.05) is 25.3 Å². The van der Waals surface area contributed by atoms with Gasteiger partial charge in [0.05, 0.1) is 6.26 Å². The van der Waals surface area contributed by atoms with Gasteiger partial charge < -0.3 is 9.32 Å². The summed E-state index contributed by atoms with van der Waals surface area (Å²) >= 11 is 1.03. The zero-order valence-corrected chi connectivity index (χ0v) is 16.7. The van der Waals surface area contributed by atoms with Crippen LogP contribution in [-0.4, -0.2) is 33.1 Å². The molecule has 9 heteroatoms. The summed E-state index contributed by atoms with van der Waals surface area (Å²) in [6, 6.07) is 12.0. The number of aromatic nitrogens is 2. The fraction of sp³-hybridized carbons (Fsp3) is 0.286. The van der Waals surface area contributed by atoms with Crippen LogP contribution in [0.2, 0.25) is 0 Å². The van der Waals surface area contributed by atoms with Gasteiger partial charge in [0.25, 0.3) is 0 Å². The van der Waals surface area contributed by atoms with Crippen LogP contribution in [0.4, 0.5) is 13.2 Å². The Bertz CT molecular complexity index is 1040. The maximum atomic E-state index is 13.2. The molecule has 5 nitrogen and oxygen atoms in total. The number of furan rings is 1. The Morgan fingerprint density at radius 3 is 2.67 bits per heavy atom. The third-order valence-electron chi connectivity index (χ3n) is 4.80. The molecule has 0 radical (unpaired) electrons. The highest BCUT2D eigenvalue weighted by molar-refractivity contribution is 7.99. The van der Waals surface area contributed by atoms with Crippen LogP contribution >= 0.6 is 11.8 Å². The smallest absolute Gasteiger partial charge is 0.433 e. The van der Waals surface area contributed by atoms with E-state index in [0.717, 1.165) is 29.8 Å².